The SMILES string of the molecule is Cc1[nH][nH]c(=O)c1C(c1cc(Br)c(OCc2ccc([N+](=O)[O-])cc2)c(Br)c1)c1c(C)[nH][nH]c1=O. The number of ether oxygens (including phenoxy) is 1. The summed E-state index contributed by atoms with van der Waals surface area (Å²) in [5.41, 5.74) is 2.96. The molecule has 0 saturated heterocycles. The zero-order valence-electron chi connectivity index (χ0n) is 18.0. The lowest BCUT2D eigenvalue weighted by Gasteiger charge is -2.19. The van der Waals surface area contributed by atoms with Crippen molar-refractivity contribution >= 4 is 37.5 Å². The predicted octanol–water partition coefficient (Wildman–Crippen LogP) is 4.53. The average molecular weight is 593 g/mol. The summed E-state index contributed by atoms with van der Waals surface area (Å²) in [5.74, 6) is -0.124. The van der Waals surface area contributed by atoms with Gasteiger partial charge in [-0.05, 0) is 81.1 Å². The van der Waals surface area contributed by atoms with Crippen LogP contribution in [0.15, 0.2) is 54.9 Å². The van der Waals surface area contributed by atoms with Crippen molar-refractivity contribution in [2.75, 3.05) is 0 Å². The van der Waals surface area contributed by atoms with Crippen molar-refractivity contribution in [3.8, 4) is 5.75 Å². The van der Waals surface area contributed by atoms with Gasteiger partial charge in [-0.25, -0.2) is 0 Å². The van der Waals surface area contributed by atoms with Crippen LogP contribution in [0.3, 0.4) is 0 Å². The molecule has 12 heteroatoms. The minimum Gasteiger partial charge on any atom is -0.487 e. The topological polar surface area (TPSA) is 150 Å². The third-order valence-corrected chi connectivity index (χ3v) is 6.66. The number of aryl methyl sites for hydroxylation is 2. The lowest BCUT2D eigenvalue weighted by Crippen LogP contribution is -2.20. The third kappa shape index (κ3) is 4.50. The Morgan fingerprint density at radius 3 is 1.82 bits per heavy atom. The summed E-state index contributed by atoms with van der Waals surface area (Å²) in [4.78, 5) is 35.7. The molecule has 0 spiro atoms. The van der Waals surface area contributed by atoms with Crippen molar-refractivity contribution in [3.05, 3.63) is 110 Å². The van der Waals surface area contributed by atoms with Crippen molar-refractivity contribution in [2.45, 2.75) is 26.4 Å². The van der Waals surface area contributed by atoms with Gasteiger partial charge in [-0.2, -0.15) is 0 Å². The number of rotatable bonds is 7. The molecular weight excluding hydrogens is 574 g/mol. The number of benzene rings is 2. The van der Waals surface area contributed by atoms with Crippen LogP contribution >= 0.6 is 31.9 Å². The summed E-state index contributed by atoms with van der Waals surface area (Å²) in [6.07, 6.45) is 0. The fraction of sp³-hybridized carbons (Fsp3) is 0.182. The van der Waals surface area contributed by atoms with Gasteiger partial charge in [0, 0.05) is 29.4 Å². The molecule has 4 aromatic rings. The van der Waals surface area contributed by atoms with E-state index in [1.54, 1.807) is 38.1 Å². The molecule has 0 aliphatic heterocycles. The Bertz CT molecular complexity index is 1410. The normalized spacial score (nSPS) is 11.2. The van der Waals surface area contributed by atoms with Gasteiger partial charge in [0.25, 0.3) is 16.8 Å². The van der Waals surface area contributed by atoms with E-state index in [2.05, 4.69) is 52.3 Å². The van der Waals surface area contributed by atoms with Crippen LogP contribution in [-0.2, 0) is 6.61 Å². The maximum Gasteiger partial charge on any atom is 0.269 e. The number of hydrogen-bond donors (Lipinski definition) is 4. The summed E-state index contributed by atoms with van der Waals surface area (Å²) in [6.45, 7) is 3.72. The van der Waals surface area contributed by atoms with Gasteiger partial charge in [0.2, 0.25) is 0 Å². The number of nitrogens with one attached hydrogen (secondary N) is 4. The monoisotopic (exact) mass is 591 g/mol. The van der Waals surface area contributed by atoms with E-state index in [4.69, 9.17) is 4.74 Å². The number of nitro benzene ring substituents is 1. The Balaban J connectivity index is 1.71. The Morgan fingerprint density at radius 2 is 1.41 bits per heavy atom. The molecular formula is C22H19Br2N5O5. The number of aromatic amines is 4. The van der Waals surface area contributed by atoms with E-state index in [9.17, 15) is 19.7 Å². The minimum absolute atomic E-state index is 0.00609. The largest absolute Gasteiger partial charge is 0.487 e. The predicted molar refractivity (Wildman–Crippen MR) is 133 cm³/mol. The maximum absolute atomic E-state index is 12.6. The van der Waals surface area contributed by atoms with Crippen molar-refractivity contribution in [2.24, 2.45) is 0 Å². The van der Waals surface area contributed by atoms with Gasteiger partial charge >= 0.3 is 0 Å². The van der Waals surface area contributed by atoms with Crippen LogP contribution in [0.25, 0.3) is 0 Å². The molecule has 2 aromatic carbocycles. The van der Waals surface area contributed by atoms with Crippen LogP contribution < -0.4 is 15.9 Å². The molecule has 4 N–H and O–H groups in total. The van der Waals surface area contributed by atoms with Crippen molar-refractivity contribution in [3.63, 3.8) is 0 Å². The summed E-state index contributed by atoms with van der Waals surface area (Å²) in [5, 5.41) is 21.7. The number of H-pyrrole nitrogens is 4. The van der Waals surface area contributed by atoms with E-state index >= 15 is 0 Å². The van der Waals surface area contributed by atoms with Crippen LogP contribution in [-0.4, -0.2) is 25.3 Å². The molecule has 34 heavy (non-hydrogen) atoms. The third-order valence-electron chi connectivity index (χ3n) is 5.49. The van der Waals surface area contributed by atoms with Gasteiger partial charge in [-0.15, -0.1) is 0 Å². The Labute approximate surface area is 209 Å². The van der Waals surface area contributed by atoms with Crippen molar-refractivity contribution < 1.29 is 9.66 Å². The second-order valence-corrected chi connectivity index (χ2v) is 9.40. The quantitative estimate of drug-likeness (QED) is 0.184. The molecule has 0 amide bonds. The highest BCUT2D eigenvalue weighted by atomic mass is 79.9. The molecule has 0 atom stereocenters. The van der Waals surface area contributed by atoms with E-state index in [1.807, 2.05) is 0 Å². The fourth-order valence-corrected chi connectivity index (χ4v) is 5.29. The molecule has 4 rings (SSSR count). The van der Waals surface area contributed by atoms with Crippen molar-refractivity contribution in [1.82, 2.24) is 20.4 Å². The van der Waals surface area contributed by atoms with Crippen LogP contribution in [0.1, 0.15) is 39.6 Å². The van der Waals surface area contributed by atoms with Gasteiger partial charge in [-0.1, -0.05) is 0 Å². The van der Waals surface area contributed by atoms with E-state index in [1.165, 1.54) is 12.1 Å². The Hall–Kier alpha value is -3.38. The summed E-state index contributed by atoms with van der Waals surface area (Å²) >= 11 is 7.08. The number of nitrogens with zero attached hydrogens (tertiary/aromatic N) is 1. The van der Waals surface area contributed by atoms with Crippen LogP contribution in [0.5, 0.6) is 5.75 Å². The van der Waals surface area contributed by atoms with Gasteiger partial charge in [0.05, 0.1) is 25.0 Å². The van der Waals surface area contributed by atoms with E-state index in [0.717, 1.165) is 5.56 Å². The lowest BCUT2D eigenvalue weighted by atomic mass is 9.85. The lowest BCUT2D eigenvalue weighted by molar-refractivity contribution is -0.384. The van der Waals surface area contributed by atoms with Gasteiger partial charge < -0.3 is 14.9 Å². The van der Waals surface area contributed by atoms with Gasteiger partial charge in [0.15, 0.2) is 0 Å². The molecule has 0 fully saturated rings. The molecule has 0 aliphatic rings. The van der Waals surface area contributed by atoms with E-state index < -0.39 is 10.8 Å². The molecule has 0 unspecified atom stereocenters. The Kier molecular flexibility index (Phi) is 6.62. The molecule has 176 valence electrons. The summed E-state index contributed by atoms with van der Waals surface area (Å²) in [6, 6.07) is 9.71. The standard InChI is InChI=1S/C22H19Br2N5O5/c1-10-17(21(30)27-25-10)19(18-11(2)26-28-22(18)31)13-7-15(23)20(16(24)8-13)34-9-12-3-5-14(6-4-12)29(32)33/h3-8,19H,9H2,1-2H3,(H2,25,27,30)(H2,26,28,31). The zero-order valence-corrected chi connectivity index (χ0v) is 21.2. The Morgan fingerprint density at radius 1 is 0.912 bits per heavy atom. The number of nitro groups is 1. The molecule has 2 aromatic heterocycles. The van der Waals surface area contributed by atoms with Gasteiger partial charge in [0.1, 0.15) is 12.4 Å². The molecule has 2 heterocycles. The average Bonchev–Trinajstić information content (AvgIpc) is 3.30. The first-order chi connectivity index (χ1) is 16.2. The molecule has 0 aliphatic carbocycles. The molecule has 0 saturated carbocycles. The first-order valence-corrected chi connectivity index (χ1v) is 11.6. The number of non-ortho nitro benzene ring substituents is 1. The van der Waals surface area contributed by atoms with Crippen LogP contribution in [0, 0.1) is 24.0 Å². The second-order valence-electron chi connectivity index (χ2n) is 7.69. The highest BCUT2D eigenvalue weighted by Gasteiger charge is 2.29. The zero-order chi connectivity index (χ0) is 24.6. The van der Waals surface area contributed by atoms with Crippen LogP contribution in [0.4, 0.5) is 5.69 Å². The van der Waals surface area contributed by atoms with Gasteiger partial charge in [-0.3, -0.25) is 29.9 Å². The highest BCUT2D eigenvalue weighted by molar-refractivity contribution is 9.11. The highest BCUT2D eigenvalue weighted by Crippen LogP contribution is 2.40. The minimum atomic E-state index is -0.638. The smallest absolute Gasteiger partial charge is 0.269 e. The number of hydrogen-bond acceptors (Lipinski definition) is 5. The number of aromatic nitrogens is 4. The second kappa shape index (κ2) is 9.47. The summed E-state index contributed by atoms with van der Waals surface area (Å²) < 4.78 is 7.17. The maximum atomic E-state index is 12.6. The molecule has 0 radical (unpaired) electrons. The first kappa shape index (κ1) is 23.8. The summed E-state index contributed by atoms with van der Waals surface area (Å²) in [7, 11) is 0. The van der Waals surface area contributed by atoms with Crippen LogP contribution in [0.2, 0.25) is 0 Å². The molecule has 10 nitrogen and oxygen atoms in total. The van der Waals surface area contributed by atoms with Crippen molar-refractivity contribution in [1.29, 1.82) is 0 Å². The van der Waals surface area contributed by atoms with E-state index in [0.29, 0.717) is 42.8 Å². The first-order valence-electron chi connectivity index (χ1n) is 10.1. The fourth-order valence-electron chi connectivity index (χ4n) is 3.84. The molecule has 0 bridgehead atoms. The number of halogens is 2. The van der Waals surface area contributed by atoms with E-state index in [-0.39, 0.29) is 23.4 Å².